The van der Waals surface area contributed by atoms with Gasteiger partial charge in [-0.15, -0.1) is 0 Å². The smallest absolute Gasteiger partial charge is 0.306 e. The molecule has 0 bridgehead atoms. The highest BCUT2D eigenvalue weighted by atomic mass is 31.2. The topological polar surface area (TPSA) is 111 Å². The fourth-order valence-electron chi connectivity index (χ4n) is 8.35. The van der Waals surface area contributed by atoms with Gasteiger partial charge >= 0.3 is 11.9 Å². The summed E-state index contributed by atoms with van der Waals surface area (Å²) in [7, 11) is 1.16. The summed E-state index contributed by atoms with van der Waals surface area (Å²) >= 11 is 0. The molecule has 9 nitrogen and oxygen atoms in total. The molecule has 0 heterocycles. The van der Waals surface area contributed by atoms with Crippen molar-refractivity contribution >= 4 is 19.8 Å². The molecule has 0 rings (SSSR count). The SMILES string of the molecule is CC/C=C\C/C=C\C/C=C\C/C=C\C/C=C\C/C=C\CCCCCCCCCCCCCCCCCCCCCCC(=O)OC(COC(=O)CCCCCCC/C=C\C/C=C\CCC)COP(=O)([O-])OCC[N+](C)(C)C. The molecule has 0 aromatic rings. The number of likely N-dealkylation sites (N-methyl/N-ethyl adjacent to an activating group) is 1. The third-order valence-electron chi connectivity index (χ3n) is 13.1. The summed E-state index contributed by atoms with van der Waals surface area (Å²) in [5.41, 5.74) is 0. The molecule has 0 aliphatic carbocycles. The van der Waals surface area contributed by atoms with E-state index >= 15 is 0 Å². The van der Waals surface area contributed by atoms with E-state index in [4.69, 9.17) is 18.5 Å². The second-order valence-electron chi connectivity index (χ2n) is 21.7. The Bertz CT molecular complexity index is 1600. The van der Waals surface area contributed by atoms with Crippen LogP contribution in [0.5, 0.6) is 0 Å². The number of unbranched alkanes of at least 4 members (excludes halogenated alkanes) is 26. The third-order valence-corrected chi connectivity index (χ3v) is 14.0. The van der Waals surface area contributed by atoms with Gasteiger partial charge < -0.3 is 27.9 Å². The lowest BCUT2D eigenvalue weighted by atomic mass is 10.0. The predicted molar refractivity (Wildman–Crippen MR) is 323 cm³/mol. The zero-order valence-corrected chi connectivity index (χ0v) is 50.6. The van der Waals surface area contributed by atoms with Crippen molar-refractivity contribution < 1.29 is 42.1 Å². The maximum Gasteiger partial charge on any atom is 0.306 e. The van der Waals surface area contributed by atoms with Gasteiger partial charge in [0.2, 0.25) is 0 Å². The van der Waals surface area contributed by atoms with Gasteiger partial charge in [-0.2, -0.15) is 0 Å². The van der Waals surface area contributed by atoms with Gasteiger partial charge in [0.25, 0.3) is 7.82 Å². The van der Waals surface area contributed by atoms with E-state index in [0.717, 1.165) is 103 Å². The second-order valence-corrected chi connectivity index (χ2v) is 23.1. The van der Waals surface area contributed by atoms with Crippen LogP contribution in [0.25, 0.3) is 0 Å². The summed E-state index contributed by atoms with van der Waals surface area (Å²) in [6, 6.07) is 0. The lowest BCUT2D eigenvalue weighted by Crippen LogP contribution is -2.37. The Morgan fingerprint density at radius 3 is 1.12 bits per heavy atom. The first-order chi connectivity index (χ1) is 37.0. The van der Waals surface area contributed by atoms with E-state index in [1.54, 1.807) is 0 Å². The maximum atomic E-state index is 12.8. The van der Waals surface area contributed by atoms with Gasteiger partial charge in [-0.3, -0.25) is 14.2 Å². The van der Waals surface area contributed by atoms with Gasteiger partial charge in [0.15, 0.2) is 6.10 Å². The van der Waals surface area contributed by atoms with Gasteiger partial charge in [-0.25, -0.2) is 0 Å². The molecule has 0 aromatic heterocycles. The number of ether oxygens (including phenoxy) is 2. The minimum absolute atomic E-state index is 0.0350. The maximum absolute atomic E-state index is 12.8. The number of esters is 2. The van der Waals surface area contributed by atoms with E-state index in [1.807, 2.05) is 21.1 Å². The average Bonchev–Trinajstić information content (AvgIpc) is 3.38. The molecule has 438 valence electrons. The van der Waals surface area contributed by atoms with E-state index < -0.39 is 32.5 Å². The number of phosphoric ester groups is 1. The Kier molecular flexibility index (Phi) is 54.4. The molecule has 0 saturated carbocycles. The first-order valence-electron chi connectivity index (χ1n) is 30.9. The number of hydrogen-bond acceptors (Lipinski definition) is 8. The normalized spacial score (nSPS) is 13.9. The molecule has 0 aromatic carbocycles. The number of rotatable bonds is 56. The highest BCUT2D eigenvalue weighted by Crippen LogP contribution is 2.38. The van der Waals surface area contributed by atoms with Crippen LogP contribution in [0.3, 0.4) is 0 Å². The molecule has 0 spiro atoms. The number of allylic oxidation sites excluding steroid dienone is 16. The minimum Gasteiger partial charge on any atom is -0.756 e. The highest BCUT2D eigenvalue weighted by molar-refractivity contribution is 7.45. The lowest BCUT2D eigenvalue weighted by molar-refractivity contribution is -0.870. The molecule has 2 unspecified atom stereocenters. The van der Waals surface area contributed by atoms with Gasteiger partial charge in [0, 0.05) is 12.8 Å². The molecule has 0 saturated heterocycles. The Morgan fingerprint density at radius 2 is 0.750 bits per heavy atom. The van der Waals surface area contributed by atoms with E-state index in [9.17, 15) is 19.0 Å². The molecule has 0 N–H and O–H groups in total. The number of nitrogens with zero attached hydrogens (tertiary/aromatic N) is 1. The quantitative estimate of drug-likeness (QED) is 0.0195. The van der Waals surface area contributed by atoms with Crippen LogP contribution in [0.15, 0.2) is 97.2 Å². The summed E-state index contributed by atoms with van der Waals surface area (Å²) in [4.78, 5) is 37.8. The van der Waals surface area contributed by atoms with E-state index in [2.05, 4.69) is 111 Å². The van der Waals surface area contributed by atoms with Crippen molar-refractivity contribution in [3.05, 3.63) is 97.2 Å². The molecule has 2 atom stereocenters. The number of phosphoric acid groups is 1. The van der Waals surface area contributed by atoms with Crippen LogP contribution in [0, 0.1) is 0 Å². The monoisotopic (exact) mass is 1080 g/mol. The third kappa shape index (κ3) is 60.2. The Morgan fingerprint density at radius 1 is 0.421 bits per heavy atom. The van der Waals surface area contributed by atoms with Crippen molar-refractivity contribution in [1.82, 2.24) is 0 Å². The second kappa shape index (κ2) is 56.6. The lowest BCUT2D eigenvalue weighted by Gasteiger charge is -2.28. The molecule has 76 heavy (non-hydrogen) atoms. The molecule has 0 aliphatic heterocycles. The molecule has 10 heteroatoms. The summed E-state index contributed by atoms with van der Waals surface area (Å²) < 4.78 is 34.1. The minimum atomic E-state index is -4.64. The number of quaternary nitrogens is 1. The van der Waals surface area contributed by atoms with Crippen LogP contribution >= 0.6 is 7.82 Å². The number of carbonyl (C=O) groups is 2. The van der Waals surface area contributed by atoms with Crippen molar-refractivity contribution in [3.8, 4) is 0 Å². The number of hydrogen-bond donors (Lipinski definition) is 0. The van der Waals surface area contributed by atoms with E-state index in [0.29, 0.717) is 23.9 Å². The largest absolute Gasteiger partial charge is 0.756 e. The summed E-state index contributed by atoms with van der Waals surface area (Å²) in [6.45, 7) is 4.05. The number of carbonyl (C=O) groups excluding carboxylic acids is 2. The van der Waals surface area contributed by atoms with Gasteiger partial charge in [0.1, 0.15) is 19.8 Å². The van der Waals surface area contributed by atoms with Crippen LogP contribution < -0.4 is 4.89 Å². The zero-order valence-electron chi connectivity index (χ0n) is 49.7. The van der Waals surface area contributed by atoms with Crippen LogP contribution in [-0.4, -0.2) is 70.0 Å². The summed E-state index contributed by atoms with van der Waals surface area (Å²) in [6.07, 6.45) is 77.7. The van der Waals surface area contributed by atoms with E-state index in [-0.39, 0.29) is 26.1 Å². The predicted octanol–water partition coefficient (Wildman–Crippen LogP) is 19.0. The Balaban J connectivity index is 3.94. The Labute approximate surface area is 468 Å². The summed E-state index contributed by atoms with van der Waals surface area (Å²) in [5, 5.41) is 0. The van der Waals surface area contributed by atoms with Crippen molar-refractivity contribution in [2.24, 2.45) is 0 Å². The standard InChI is InChI=1S/C66H116NO8P/c1-6-8-10-12-14-16-18-20-21-22-23-24-25-26-27-28-29-30-31-32-33-34-35-36-37-38-39-40-41-42-43-44-45-47-49-51-53-55-57-59-66(69)75-64(63-74-76(70,71)73-61-60-67(3,4)5)62-72-65(68)58-56-54-52-50-48-46-19-17-15-13-11-9-7-2/h8,10-11,13-14,16-17,19-21,23-24,26-27,29-30,64H,6-7,9,12,15,18,22,25,28,31-63H2,1-5H3/b10-8-,13-11-,16-14-,19-17-,21-20-,24-23-,27-26-,30-29-. The van der Waals surface area contributed by atoms with Gasteiger partial charge in [-0.05, 0) is 89.9 Å². The van der Waals surface area contributed by atoms with E-state index in [1.165, 1.54) is 116 Å². The summed E-state index contributed by atoms with van der Waals surface area (Å²) in [5.74, 6) is -0.847. The van der Waals surface area contributed by atoms with Gasteiger partial charge in [-0.1, -0.05) is 252 Å². The first kappa shape index (κ1) is 72.9. The van der Waals surface area contributed by atoms with Crippen LogP contribution in [0.2, 0.25) is 0 Å². The fraction of sp³-hybridized carbons (Fsp3) is 0.727. The molecule has 0 amide bonds. The van der Waals surface area contributed by atoms with Crippen molar-refractivity contribution in [3.63, 3.8) is 0 Å². The zero-order chi connectivity index (χ0) is 55.6. The van der Waals surface area contributed by atoms with Crippen molar-refractivity contribution in [1.29, 1.82) is 0 Å². The highest BCUT2D eigenvalue weighted by Gasteiger charge is 2.22. The van der Waals surface area contributed by atoms with Crippen LogP contribution in [-0.2, 0) is 32.7 Å². The van der Waals surface area contributed by atoms with Crippen molar-refractivity contribution in [2.75, 3.05) is 47.5 Å². The molecular formula is C66H116NO8P. The molecular weight excluding hydrogens is 966 g/mol. The fourth-order valence-corrected chi connectivity index (χ4v) is 9.07. The van der Waals surface area contributed by atoms with Crippen LogP contribution in [0.1, 0.15) is 258 Å². The first-order valence-corrected chi connectivity index (χ1v) is 32.4. The average molecular weight is 1080 g/mol. The Hall–Kier alpha value is -3.07. The molecule has 0 aliphatic rings. The van der Waals surface area contributed by atoms with Gasteiger partial charge in [0.05, 0.1) is 27.7 Å². The molecule has 0 fully saturated rings. The molecule has 0 radical (unpaired) electrons. The van der Waals surface area contributed by atoms with Crippen molar-refractivity contribution in [2.45, 2.75) is 264 Å². The van der Waals surface area contributed by atoms with Crippen LogP contribution in [0.4, 0.5) is 0 Å².